The number of rotatable bonds is 1. The Bertz CT molecular complexity index is 1050. The summed E-state index contributed by atoms with van der Waals surface area (Å²) in [6, 6.07) is 20.7. The summed E-state index contributed by atoms with van der Waals surface area (Å²) >= 11 is 0. The van der Waals surface area contributed by atoms with Crippen molar-refractivity contribution in [3.05, 3.63) is 78.6 Å². The van der Waals surface area contributed by atoms with Crippen LogP contribution >= 0.6 is 0 Å². The minimum absolute atomic E-state index is 0.428. The standard InChI is InChI=1S/C20H16N4/c1-20(14-10-12-21-13-11-14)23-16-7-3-2-6-15(16)19-22-17-8-4-5-9-18(17)24(19)20/h2-13,23H,1H3/t20-/m1/s1. The molecule has 1 aliphatic heterocycles. The van der Waals surface area contributed by atoms with Crippen LogP contribution in [0.1, 0.15) is 12.5 Å². The van der Waals surface area contributed by atoms with E-state index in [-0.39, 0.29) is 0 Å². The van der Waals surface area contributed by atoms with Crippen LogP contribution in [0.15, 0.2) is 73.1 Å². The normalized spacial score (nSPS) is 18.7. The molecule has 116 valence electrons. The highest BCUT2D eigenvalue weighted by Gasteiger charge is 2.37. The molecule has 0 fully saturated rings. The topological polar surface area (TPSA) is 42.7 Å². The van der Waals surface area contributed by atoms with Crippen molar-refractivity contribution < 1.29 is 0 Å². The smallest absolute Gasteiger partial charge is 0.145 e. The fraction of sp³-hybridized carbons (Fsp3) is 0.100. The largest absolute Gasteiger partial charge is 0.358 e. The van der Waals surface area contributed by atoms with Gasteiger partial charge in [0.2, 0.25) is 0 Å². The molecular formula is C20H16N4. The third kappa shape index (κ3) is 1.68. The number of anilines is 1. The van der Waals surface area contributed by atoms with Gasteiger partial charge in [-0.2, -0.15) is 0 Å². The van der Waals surface area contributed by atoms with Crippen LogP contribution in [0.2, 0.25) is 0 Å². The molecule has 1 aliphatic rings. The Morgan fingerprint density at radius 2 is 1.67 bits per heavy atom. The van der Waals surface area contributed by atoms with Crippen LogP contribution in [0, 0.1) is 0 Å². The third-order valence-electron chi connectivity index (χ3n) is 4.80. The molecule has 4 aromatic rings. The monoisotopic (exact) mass is 312 g/mol. The Balaban J connectivity index is 1.91. The van der Waals surface area contributed by atoms with Gasteiger partial charge >= 0.3 is 0 Å². The zero-order valence-electron chi connectivity index (χ0n) is 13.3. The van der Waals surface area contributed by atoms with Gasteiger partial charge < -0.3 is 5.32 Å². The highest BCUT2D eigenvalue weighted by Crippen LogP contribution is 2.43. The molecule has 0 saturated carbocycles. The number of imidazole rings is 1. The highest BCUT2D eigenvalue weighted by molar-refractivity contribution is 5.87. The van der Waals surface area contributed by atoms with Crippen LogP contribution in [0.3, 0.4) is 0 Å². The molecule has 2 aromatic carbocycles. The van der Waals surface area contributed by atoms with E-state index in [0.717, 1.165) is 33.7 Å². The lowest BCUT2D eigenvalue weighted by Gasteiger charge is -2.39. The number of hydrogen-bond donors (Lipinski definition) is 1. The van der Waals surface area contributed by atoms with Gasteiger partial charge in [-0.3, -0.25) is 9.55 Å². The Hall–Kier alpha value is -3.14. The van der Waals surface area contributed by atoms with E-state index in [1.807, 2.05) is 18.5 Å². The van der Waals surface area contributed by atoms with Gasteiger partial charge in [0.1, 0.15) is 11.5 Å². The third-order valence-corrected chi connectivity index (χ3v) is 4.80. The molecule has 1 N–H and O–H groups in total. The Morgan fingerprint density at radius 3 is 2.54 bits per heavy atom. The van der Waals surface area contributed by atoms with Gasteiger partial charge in [-0.1, -0.05) is 24.3 Å². The van der Waals surface area contributed by atoms with Crippen LogP contribution in [0.25, 0.3) is 22.4 Å². The molecule has 4 heteroatoms. The summed E-state index contributed by atoms with van der Waals surface area (Å²) < 4.78 is 2.29. The molecule has 0 bridgehead atoms. The van der Waals surface area contributed by atoms with E-state index in [1.165, 1.54) is 0 Å². The number of pyridine rings is 1. The molecule has 0 aliphatic carbocycles. The Kier molecular flexibility index (Phi) is 2.59. The summed E-state index contributed by atoms with van der Waals surface area (Å²) in [6.45, 7) is 2.19. The zero-order chi connectivity index (χ0) is 16.1. The van der Waals surface area contributed by atoms with Gasteiger partial charge in [0.25, 0.3) is 0 Å². The van der Waals surface area contributed by atoms with Crippen molar-refractivity contribution in [1.82, 2.24) is 14.5 Å². The molecule has 24 heavy (non-hydrogen) atoms. The number of para-hydroxylation sites is 3. The van der Waals surface area contributed by atoms with Crippen molar-refractivity contribution in [3.8, 4) is 11.4 Å². The zero-order valence-corrected chi connectivity index (χ0v) is 13.3. The molecular weight excluding hydrogens is 296 g/mol. The second-order valence-corrected chi connectivity index (χ2v) is 6.24. The van der Waals surface area contributed by atoms with Gasteiger partial charge in [-0.15, -0.1) is 0 Å². The number of aromatic nitrogens is 3. The highest BCUT2D eigenvalue weighted by atomic mass is 15.3. The van der Waals surface area contributed by atoms with E-state index in [2.05, 4.69) is 76.4 Å². The molecule has 0 amide bonds. The fourth-order valence-electron chi connectivity index (χ4n) is 3.64. The lowest BCUT2D eigenvalue weighted by molar-refractivity contribution is 0.462. The van der Waals surface area contributed by atoms with Crippen LogP contribution < -0.4 is 5.32 Å². The summed E-state index contributed by atoms with van der Waals surface area (Å²) in [7, 11) is 0. The molecule has 2 aromatic heterocycles. The number of nitrogens with one attached hydrogen (secondary N) is 1. The summed E-state index contributed by atoms with van der Waals surface area (Å²) in [5.41, 5.74) is 5.07. The molecule has 3 heterocycles. The first kappa shape index (κ1) is 13.3. The van der Waals surface area contributed by atoms with E-state index in [4.69, 9.17) is 4.98 Å². The van der Waals surface area contributed by atoms with Crippen molar-refractivity contribution >= 4 is 16.7 Å². The van der Waals surface area contributed by atoms with Crippen molar-refractivity contribution in [2.75, 3.05) is 5.32 Å². The summed E-state index contributed by atoms with van der Waals surface area (Å²) in [6.07, 6.45) is 3.67. The summed E-state index contributed by atoms with van der Waals surface area (Å²) in [4.78, 5) is 9.09. The molecule has 4 nitrogen and oxygen atoms in total. The average molecular weight is 312 g/mol. The first-order chi connectivity index (χ1) is 11.8. The van der Waals surface area contributed by atoms with E-state index in [9.17, 15) is 0 Å². The Morgan fingerprint density at radius 1 is 0.917 bits per heavy atom. The maximum Gasteiger partial charge on any atom is 0.145 e. The SMILES string of the molecule is C[C@@]1(c2ccncc2)Nc2ccccc2-c2nc3ccccc3n21. The van der Waals surface area contributed by atoms with Gasteiger partial charge in [0.15, 0.2) is 0 Å². The van der Waals surface area contributed by atoms with E-state index >= 15 is 0 Å². The van der Waals surface area contributed by atoms with E-state index < -0.39 is 5.66 Å². The molecule has 1 atom stereocenters. The minimum atomic E-state index is -0.428. The van der Waals surface area contributed by atoms with Gasteiger partial charge in [-0.25, -0.2) is 4.98 Å². The molecule has 5 rings (SSSR count). The van der Waals surface area contributed by atoms with Crippen molar-refractivity contribution in [2.24, 2.45) is 0 Å². The predicted molar refractivity (Wildman–Crippen MR) is 95.8 cm³/mol. The summed E-state index contributed by atoms with van der Waals surface area (Å²) in [5.74, 6) is 0.991. The number of hydrogen-bond acceptors (Lipinski definition) is 3. The van der Waals surface area contributed by atoms with E-state index in [0.29, 0.717) is 0 Å². The predicted octanol–water partition coefficient (Wildman–Crippen LogP) is 4.24. The molecule has 0 radical (unpaired) electrons. The number of nitrogens with zero attached hydrogens (tertiary/aromatic N) is 3. The van der Waals surface area contributed by atoms with E-state index in [1.54, 1.807) is 0 Å². The first-order valence-corrected chi connectivity index (χ1v) is 8.03. The van der Waals surface area contributed by atoms with Crippen LogP contribution in [-0.4, -0.2) is 14.5 Å². The second-order valence-electron chi connectivity index (χ2n) is 6.24. The lowest BCUT2D eigenvalue weighted by Crippen LogP contribution is -2.42. The second kappa shape index (κ2) is 4.68. The molecule has 0 unspecified atom stereocenters. The average Bonchev–Trinajstić information content (AvgIpc) is 3.03. The van der Waals surface area contributed by atoms with Gasteiger partial charge in [0.05, 0.1) is 11.0 Å². The summed E-state index contributed by atoms with van der Waals surface area (Å²) in [5, 5.41) is 3.72. The Labute approximate surface area is 139 Å². The minimum Gasteiger partial charge on any atom is -0.358 e. The number of fused-ring (bicyclic) bond motifs is 5. The van der Waals surface area contributed by atoms with Crippen molar-refractivity contribution in [3.63, 3.8) is 0 Å². The first-order valence-electron chi connectivity index (χ1n) is 8.03. The van der Waals surface area contributed by atoms with Crippen LogP contribution in [-0.2, 0) is 5.66 Å². The number of benzene rings is 2. The van der Waals surface area contributed by atoms with Gasteiger partial charge in [-0.05, 0) is 43.3 Å². The van der Waals surface area contributed by atoms with Gasteiger partial charge in [0, 0.05) is 29.2 Å². The maximum atomic E-state index is 4.92. The molecule has 0 saturated heterocycles. The van der Waals surface area contributed by atoms with Crippen LogP contribution in [0.4, 0.5) is 5.69 Å². The van der Waals surface area contributed by atoms with Crippen molar-refractivity contribution in [1.29, 1.82) is 0 Å². The maximum absolute atomic E-state index is 4.92. The molecule has 0 spiro atoms. The van der Waals surface area contributed by atoms with Crippen LogP contribution in [0.5, 0.6) is 0 Å². The lowest BCUT2D eigenvalue weighted by atomic mass is 9.97. The fourth-order valence-corrected chi connectivity index (χ4v) is 3.64. The quantitative estimate of drug-likeness (QED) is 0.571. The van der Waals surface area contributed by atoms with Crippen molar-refractivity contribution in [2.45, 2.75) is 12.6 Å².